The maximum atomic E-state index is 12.4. The van der Waals surface area contributed by atoms with Crippen molar-refractivity contribution in [2.45, 2.75) is 19.8 Å². The number of nitrogens with zero attached hydrogens (tertiary/aromatic N) is 1. The Balaban J connectivity index is 1.80. The molecule has 1 heterocycles. The summed E-state index contributed by atoms with van der Waals surface area (Å²) in [6.45, 7) is 2.09. The van der Waals surface area contributed by atoms with Crippen molar-refractivity contribution in [3.8, 4) is 5.75 Å². The van der Waals surface area contributed by atoms with Crippen LogP contribution in [0.15, 0.2) is 59.7 Å². The lowest BCUT2D eigenvalue weighted by molar-refractivity contribution is 0.0950. The predicted molar refractivity (Wildman–Crippen MR) is 100 cm³/mol. The number of rotatable bonds is 6. The average molecular weight is 335 g/mol. The molecule has 3 aromatic rings. The van der Waals surface area contributed by atoms with Crippen LogP contribution in [0.3, 0.4) is 0 Å². The van der Waals surface area contributed by atoms with Crippen molar-refractivity contribution >= 4 is 22.5 Å². The molecule has 0 aliphatic carbocycles. The maximum absolute atomic E-state index is 12.4. The smallest absolute Gasteiger partial charge is 0.287 e. The van der Waals surface area contributed by atoms with Gasteiger partial charge in [-0.1, -0.05) is 43.7 Å². The number of hydrogen-bond acceptors (Lipinski definition) is 3. The van der Waals surface area contributed by atoms with E-state index >= 15 is 0 Å². The first kappa shape index (κ1) is 16.8. The molecule has 0 spiro atoms. The molecule has 2 aromatic carbocycles. The van der Waals surface area contributed by atoms with E-state index in [9.17, 15) is 4.79 Å². The van der Waals surface area contributed by atoms with Gasteiger partial charge in [0.15, 0.2) is 0 Å². The first-order valence-corrected chi connectivity index (χ1v) is 8.30. The summed E-state index contributed by atoms with van der Waals surface area (Å²) < 4.78 is 5.21. The fraction of sp³-hybridized carbons (Fsp3) is 0.200. The van der Waals surface area contributed by atoms with Gasteiger partial charge in [0.2, 0.25) is 0 Å². The molecular formula is C20H21N3O2. The number of hydrazone groups is 1. The molecule has 0 radical (unpaired) electrons. The van der Waals surface area contributed by atoms with Gasteiger partial charge in [0.05, 0.1) is 12.8 Å². The molecule has 1 aromatic heterocycles. The third-order valence-electron chi connectivity index (χ3n) is 3.96. The third-order valence-corrected chi connectivity index (χ3v) is 3.96. The summed E-state index contributed by atoms with van der Waals surface area (Å²) in [6, 6.07) is 17.3. The Morgan fingerprint density at radius 1 is 1.16 bits per heavy atom. The first-order valence-electron chi connectivity index (χ1n) is 8.30. The second-order valence-corrected chi connectivity index (χ2v) is 5.75. The van der Waals surface area contributed by atoms with Crippen LogP contribution in [0, 0.1) is 0 Å². The number of fused-ring (bicyclic) bond motifs is 1. The van der Waals surface area contributed by atoms with Gasteiger partial charge >= 0.3 is 0 Å². The minimum absolute atomic E-state index is 0.264. The number of aromatic amines is 1. The van der Waals surface area contributed by atoms with Crippen LogP contribution >= 0.6 is 0 Å². The van der Waals surface area contributed by atoms with Crippen molar-refractivity contribution < 1.29 is 9.53 Å². The van der Waals surface area contributed by atoms with Gasteiger partial charge in [-0.2, -0.15) is 5.10 Å². The molecule has 0 fully saturated rings. The second kappa shape index (κ2) is 7.66. The molecule has 0 unspecified atom stereocenters. The maximum Gasteiger partial charge on any atom is 0.287 e. The van der Waals surface area contributed by atoms with Crippen LogP contribution in [0.2, 0.25) is 0 Å². The van der Waals surface area contributed by atoms with E-state index in [4.69, 9.17) is 4.74 Å². The average Bonchev–Trinajstić information content (AvgIpc) is 3.08. The Labute approximate surface area is 146 Å². The highest BCUT2D eigenvalue weighted by Gasteiger charge is 2.10. The summed E-state index contributed by atoms with van der Waals surface area (Å²) in [6.07, 6.45) is 1.75. The molecule has 128 valence electrons. The minimum atomic E-state index is -0.264. The van der Waals surface area contributed by atoms with E-state index in [1.165, 1.54) is 0 Å². The zero-order chi connectivity index (χ0) is 17.6. The number of nitrogens with one attached hydrogen (secondary N) is 2. The van der Waals surface area contributed by atoms with Crippen molar-refractivity contribution in [2.24, 2.45) is 5.10 Å². The van der Waals surface area contributed by atoms with Crippen molar-refractivity contribution in [3.63, 3.8) is 0 Å². The molecule has 1 amide bonds. The number of methoxy groups -OCH3 is 1. The normalized spacial score (nSPS) is 11.5. The van der Waals surface area contributed by atoms with E-state index in [2.05, 4.69) is 22.4 Å². The molecule has 2 N–H and O–H groups in total. The summed E-state index contributed by atoms with van der Waals surface area (Å²) in [7, 11) is 1.62. The summed E-state index contributed by atoms with van der Waals surface area (Å²) in [4.78, 5) is 15.5. The van der Waals surface area contributed by atoms with Crippen LogP contribution in [0.4, 0.5) is 0 Å². The van der Waals surface area contributed by atoms with E-state index < -0.39 is 0 Å². The van der Waals surface area contributed by atoms with Crippen molar-refractivity contribution in [1.82, 2.24) is 10.4 Å². The lowest BCUT2D eigenvalue weighted by atomic mass is 10.1. The molecular weight excluding hydrogens is 314 g/mol. The van der Waals surface area contributed by atoms with Crippen molar-refractivity contribution in [1.29, 1.82) is 0 Å². The molecule has 5 nitrogen and oxygen atoms in total. The molecule has 0 saturated carbocycles. The Morgan fingerprint density at radius 2 is 1.96 bits per heavy atom. The van der Waals surface area contributed by atoms with Gasteiger partial charge in [0.25, 0.3) is 5.91 Å². The number of H-pyrrole nitrogens is 1. The van der Waals surface area contributed by atoms with E-state index in [0.29, 0.717) is 5.69 Å². The highest BCUT2D eigenvalue weighted by atomic mass is 16.5. The summed E-state index contributed by atoms with van der Waals surface area (Å²) in [5.41, 5.74) is 5.90. The number of amides is 1. The van der Waals surface area contributed by atoms with Gasteiger partial charge in [-0.3, -0.25) is 4.79 Å². The number of hydrogen-bond donors (Lipinski definition) is 2. The molecule has 0 aliphatic heterocycles. The van der Waals surface area contributed by atoms with Crippen LogP contribution in [-0.2, 0) is 0 Å². The minimum Gasteiger partial charge on any atom is -0.497 e. The molecule has 0 bridgehead atoms. The summed E-state index contributed by atoms with van der Waals surface area (Å²) >= 11 is 0. The number of ether oxygens (including phenoxy) is 1. The Morgan fingerprint density at radius 3 is 2.68 bits per heavy atom. The van der Waals surface area contributed by atoms with Gasteiger partial charge in [0.1, 0.15) is 11.4 Å². The van der Waals surface area contributed by atoms with Crippen LogP contribution in [0.1, 0.15) is 35.8 Å². The Bertz CT molecular complexity index is 898. The van der Waals surface area contributed by atoms with Crippen LogP contribution in [0.5, 0.6) is 5.75 Å². The highest BCUT2D eigenvalue weighted by molar-refractivity contribution is 6.03. The van der Waals surface area contributed by atoms with Crippen molar-refractivity contribution in [2.75, 3.05) is 7.11 Å². The third kappa shape index (κ3) is 3.88. The van der Waals surface area contributed by atoms with Gasteiger partial charge < -0.3 is 9.72 Å². The van der Waals surface area contributed by atoms with Crippen LogP contribution in [-0.4, -0.2) is 23.7 Å². The number of carbonyl (C=O) groups excluding carboxylic acids is 1. The Kier molecular flexibility index (Phi) is 5.14. The standard InChI is InChI=1S/C20H21N3O2/c1-3-7-18(14-8-5-4-6-9-14)22-23-20(24)19-13-15-12-16(25-2)10-11-17(15)21-19/h4-6,8-13,21H,3,7H2,1-2H3,(H,23,24)/b22-18-. The SMILES string of the molecule is CCC/C(=N/NC(=O)c1cc2cc(OC)ccc2[nH]1)c1ccccc1. The molecule has 3 rings (SSSR count). The molecule has 5 heteroatoms. The molecule has 0 saturated heterocycles. The summed E-state index contributed by atoms with van der Waals surface area (Å²) in [5.74, 6) is 0.491. The topological polar surface area (TPSA) is 66.5 Å². The zero-order valence-electron chi connectivity index (χ0n) is 14.4. The van der Waals surface area contributed by atoms with Gasteiger partial charge in [-0.15, -0.1) is 0 Å². The quantitative estimate of drug-likeness (QED) is 0.526. The highest BCUT2D eigenvalue weighted by Crippen LogP contribution is 2.21. The largest absolute Gasteiger partial charge is 0.497 e. The number of aromatic nitrogens is 1. The monoisotopic (exact) mass is 335 g/mol. The summed E-state index contributed by atoms with van der Waals surface area (Å²) in [5, 5.41) is 5.26. The number of carbonyl (C=O) groups is 1. The van der Waals surface area contributed by atoms with E-state index in [1.807, 2.05) is 48.5 Å². The first-order chi connectivity index (χ1) is 12.2. The Hall–Kier alpha value is -3.08. The fourth-order valence-electron chi connectivity index (χ4n) is 2.67. The van der Waals surface area contributed by atoms with Crippen molar-refractivity contribution in [3.05, 3.63) is 65.9 Å². The van der Waals surface area contributed by atoms with E-state index in [0.717, 1.165) is 40.8 Å². The molecule has 0 atom stereocenters. The van der Waals surface area contributed by atoms with Gasteiger partial charge in [-0.05, 0) is 36.2 Å². The fourth-order valence-corrected chi connectivity index (χ4v) is 2.67. The van der Waals surface area contributed by atoms with E-state index in [-0.39, 0.29) is 5.91 Å². The van der Waals surface area contributed by atoms with Crippen LogP contribution < -0.4 is 10.2 Å². The zero-order valence-corrected chi connectivity index (χ0v) is 14.4. The molecule has 0 aliphatic rings. The van der Waals surface area contributed by atoms with Crippen LogP contribution in [0.25, 0.3) is 10.9 Å². The lowest BCUT2D eigenvalue weighted by Crippen LogP contribution is -2.20. The predicted octanol–water partition coefficient (Wildman–Crippen LogP) is 4.11. The van der Waals surface area contributed by atoms with Gasteiger partial charge in [-0.25, -0.2) is 5.43 Å². The van der Waals surface area contributed by atoms with E-state index in [1.54, 1.807) is 13.2 Å². The number of benzene rings is 2. The lowest BCUT2D eigenvalue weighted by Gasteiger charge is -2.05. The second-order valence-electron chi connectivity index (χ2n) is 5.75. The molecule has 25 heavy (non-hydrogen) atoms. The van der Waals surface area contributed by atoms with Gasteiger partial charge in [0, 0.05) is 10.9 Å².